The Morgan fingerprint density at radius 1 is 1.12 bits per heavy atom. The molecule has 0 N–H and O–H groups in total. The van der Waals surface area contributed by atoms with Gasteiger partial charge in [0.05, 0.1) is 21.8 Å². The molecule has 0 bridgehead atoms. The smallest absolute Gasteiger partial charge is 0.261 e. The average molecular weight is 519 g/mol. The highest BCUT2D eigenvalue weighted by atomic mass is 79.9. The van der Waals surface area contributed by atoms with E-state index in [1.807, 2.05) is 39.0 Å². The molecule has 9 heteroatoms. The van der Waals surface area contributed by atoms with E-state index in [9.17, 15) is 13.2 Å². The minimum Gasteiger partial charge on any atom is -0.295 e. The lowest BCUT2D eigenvalue weighted by molar-refractivity contribution is 0.103. The fourth-order valence-electron chi connectivity index (χ4n) is 4.39. The Bertz CT molecular complexity index is 1290. The summed E-state index contributed by atoms with van der Waals surface area (Å²) in [6, 6.07) is 13.8. The Morgan fingerprint density at radius 2 is 1.81 bits per heavy atom. The molecule has 0 aliphatic carbocycles. The largest absolute Gasteiger partial charge is 0.295 e. The summed E-state index contributed by atoms with van der Waals surface area (Å²) in [5.41, 5.74) is 0.651. The van der Waals surface area contributed by atoms with Crippen molar-refractivity contribution in [3.8, 4) is 0 Å². The molecule has 1 aliphatic rings. The molecule has 3 aromatic rings. The number of fused-ring (bicyclic) bond motifs is 1. The van der Waals surface area contributed by atoms with Crippen LogP contribution < -0.4 is 5.56 Å². The predicted molar refractivity (Wildman–Crippen MR) is 129 cm³/mol. The Labute approximate surface area is 196 Å². The molecule has 2 unspecified atom stereocenters. The second kappa shape index (κ2) is 9.05. The summed E-state index contributed by atoms with van der Waals surface area (Å²) in [6.45, 7) is 7.94. The molecule has 4 rings (SSSR count). The van der Waals surface area contributed by atoms with Crippen molar-refractivity contribution < 1.29 is 8.42 Å². The van der Waals surface area contributed by atoms with Gasteiger partial charge in [0.15, 0.2) is 0 Å². The molecule has 2 atom stereocenters. The van der Waals surface area contributed by atoms with Crippen LogP contribution in [0.5, 0.6) is 0 Å². The zero-order valence-electron chi connectivity index (χ0n) is 18.4. The maximum atomic E-state index is 13.2. The lowest BCUT2D eigenvalue weighted by atomic mass is 10.1. The zero-order chi connectivity index (χ0) is 23.0. The molecule has 0 radical (unpaired) electrons. The summed E-state index contributed by atoms with van der Waals surface area (Å²) in [6.07, 6.45) is 0. The van der Waals surface area contributed by atoms with Gasteiger partial charge in [0.1, 0.15) is 5.82 Å². The second-order valence-electron chi connectivity index (χ2n) is 8.13. The molecule has 1 saturated heterocycles. The molecule has 2 heterocycles. The third kappa shape index (κ3) is 4.14. The van der Waals surface area contributed by atoms with E-state index in [0.29, 0.717) is 47.8 Å². The number of hydrogen-bond acceptors (Lipinski definition) is 5. The third-order valence-electron chi connectivity index (χ3n) is 6.15. The molecular formula is C23H27BrN4O3S. The predicted octanol–water partition coefficient (Wildman–Crippen LogP) is 3.63. The molecule has 0 amide bonds. The van der Waals surface area contributed by atoms with Gasteiger partial charge in [-0.3, -0.25) is 14.3 Å². The SMILES string of the molecule is CCn1c(C(C)N2CCN(S(=O)(=O)c3ccc(Br)cc3)C(C)C2)nc2ccccc2c1=O. The summed E-state index contributed by atoms with van der Waals surface area (Å²) in [5, 5.41) is 0.615. The van der Waals surface area contributed by atoms with Gasteiger partial charge in [-0.2, -0.15) is 4.31 Å². The highest BCUT2D eigenvalue weighted by Crippen LogP contribution is 2.27. The van der Waals surface area contributed by atoms with Crippen molar-refractivity contribution in [3.63, 3.8) is 0 Å². The van der Waals surface area contributed by atoms with Crippen LogP contribution in [-0.2, 0) is 16.6 Å². The lowest BCUT2D eigenvalue weighted by Crippen LogP contribution is -2.54. The van der Waals surface area contributed by atoms with Crippen LogP contribution in [0.3, 0.4) is 0 Å². The quantitative estimate of drug-likeness (QED) is 0.515. The highest BCUT2D eigenvalue weighted by molar-refractivity contribution is 9.10. The molecule has 1 fully saturated rings. The number of sulfonamides is 1. The first-order valence-electron chi connectivity index (χ1n) is 10.7. The summed E-state index contributed by atoms with van der Waals surface area (Å²) in [7, 11) is -3.58. The summed E-state index contributed by atoms with van der Waals surface area (Å²) in [5.74, 6) is 0.715. The summed E-state index contributed by atoms with van der Waals surface area (Å²) >= 11 is 3.35. The number of piperazine rings is 1. The normalized spacial score (nSPS) is 19.3. The first kappa shape index (κ1) is 23.1. The van der Waals surface area contributed by atoms with E-state index in [2.05, 4.69) is 20.8 Å². The fourth-order valence-corrected chi connectivity index (χ4v) is 6.27. The Balaban J connectivity index is 1.60. The Hall–Kier alpha value is -2.07. The van der Waals surface area contributed by atoms with E-state index in [1.54, 1.807) is 39.2 Å². The molecule has 2 aromatic carbocycles. The van der Waals surface area contributed by atoms with Crippen LogP contribution >= 0.6 is 15.9 Å². The minimum atomic E-state index is -3.58. The number of halogens is 1. The maximum Gasteiger partial charge on any atom is 0.261 e. The van der Waals surface area contributed by atoms with Crippen molar-refractivity contribution in [2.45, 2.75) is 44.3 Å². The standard InChI is InChI=1S/C23H27BrN4O3S/c1-4-27-22(25-21-8-6-5-7-20(21)23(27)29)17(3)26-13-14-28(16(2)15-26)32(30,31)19-11-9-18(24)10-12-19/h5-12,16-17H,4,13-15H2,1-3H3. The Kier molecular flexibility index (Phi) is 6.53. The molecule has 1 aromatic heterocycles. The molecule has 32 heavy (non-hydrogen) atoms. The zero-order valence-corrected chi connectivity index (χ0v) is 20.8. The summed E-state index contributed by atoms with van der Waals surface area (Å²) in [4.78, 5) is 20.3. The van der Waals surface area contributed by atoms with Crippen LogP contribution in [0.2, 0.25) is 0 Å². The van der Waals surface area contributed by atoms with E-state index < -0.39 is 10.0 Å². The van der Waals surface area contributed by atoms with E-state index in [1.165, 1.54) is 0 Å². The third-order valence-corrected chi connectivity index (χ3v) is 8.70. The molecule has 0 spiro atoms. The van der Waals surface area contributed by atoms with Crippen LogP contribution in [0.1, 0.15) is 32.6 Å². The molecular weight excluding hydrogens is 492 g/mol. The minimum absolute atomic E-state index is 0.0375. The van der Waals surface area contributed by atoms with Gasteiger partial charge < -0.3 is 0 Å². The number of aromatic nitrogens is 2. The molecule has 1 aliphatic heterocycles. The number of rotatable bonds is 5. The van der Waals surface area contributed by atoms with Crippen LogP contribution in [0.4, 0.5) is 0 Å². The van der Waals surface area contributed by atoms with Gasteiger partial charge in [0.25, 0.3) is 5.56 Å². The van der Waals surface area contributed by atoms with Gasteiger partial charge in [-0.25, -0.2) is 13.4 Å². The maximum absolute atomic E-state index is 13.2. The van der Waals surface area contributed by atoms with Crippen molar-refractivity contribution in [3.05, 3.63) is 69.2 Å². The van der Waals surface area contributed by atoms with E-state index in [4.69, 9.17) is 4.98 Å². The van der Waals surface area contributed by atoms with Gasteiger partial charge in [0, 0.05) is 36.7 Å². The molecule has 7 nitrogen and oxygen atoms in total. The van der Waals surface area contributed by atoms with Gasteiger partial charge in [-0.1, -0.05) is 28.1 Å². The van der Waals surface area contributed by atoms with Crippen molar-refractivity contribution in [1.82, 2.24) is 18.8 Å². The van der Waals surface area contributed by atoms with Crippen LogP contribution in [0.15, 0.2) is 62.7 Å². The Morgan fingerprint density at radius 3 is 2.47 bits per heavy atom. The van der Waals surface area contributed by atoms with Gasteiger partial charge in [-0.15, -0.1) is 0 Å². The van der Waals surface area contributed by atoms with Crippen molar-refractivity contribution in [2.24, 2.45) is 0 Å². The number of para-hydroxylation sites is 1. The van der Waals surface area contributed by atoms with Gasteiger partial charge in [0.2, 0.25) is 10.0 Å². The number of benzene rings is 2. The number of hydrogen-bond donors (Lipinski definition) is 0. The first-order chi connectivity index (χ1) is 15.2. The highest BCUT2D eigenvalue weighted by Gasteiger charge is 2.36. The van der Waals surface area contributed by atoms with Crippen LogP contribution in [0.25, 0.3) is 10.9 Å². The van der Waals surface area contributed by atoms with Crippen molar-refractivity contribution in [2.75, 3.05) is 19.6 Å². The van der Waals surface area contributed by atoms with Crippen molar-refractivity contribution >= 4 is 36.9 Å². The second-order valence-corrected chi connectivity index (χ2v) is 10.9. The fraction of sp³-hybridized carbons (Fsp3) is 0.391. The number of nitrogens with zero attached hydrogens (tertiary/aromatic N) is 4. The van der Waals surface area contributed by atoms with Crippen molar-refractivity contribution in [1.29, 1.82) is 0 Å². The van der Waals surface area contributed by atoms with E-state index >= 15 is 0 Å². The lowest BCUT2D eigenvalue weighted by Gasteiger charge is -2.41. The van der Waals surface area contributed by atoms with Crippen LogP contribution in [0, 0.1) is 0 Å². The van der Waals surface area contributed by atoms with Gasteiger partial charge in [-0.05, 0) is 57.2 Å². The van der Waals surface area contributed by atoms with E-state index in [0.717, 1.165) is 4.47 Å². The average Bonchev–Trinajstić information content (AvgIpc) is 2.78. The van der Waals surface area contributed by atoms with E-state index in [-0.39, 0.29) is 17.6 Å². The summed E-state index contributed by atoms with van der Waals surface area (Å²) < 4.78 is 30.5. The molecule has 0 saturated carbocycles. The molecule has 170 valence electrons. The first-order valence-corrected chi connectivity index (χ1v) is 13.0. The van der Waals surface area contributed by atoms with Crippen LogP contribution in [-0.4, -0.2) is 52.9 Å². The topological polar surface area (TPSA) is 75.5 Å². The monoisotopic (exact) mass is 518 g/mol. The van der Waals surface area contributed by atoms with Gasteiger partial charge >= 0.3 is 0 Å².